The zero-order chi connectivity index (χ0) is 13.2. The highest BCUT2D eigenvalue weighted by Gasteiger charge is 2.36. The number of hydrogen-bond donors (Lipinski definition) is 2. The van der Waals surface area contributed by atoms with Crippen molar-refractivity contribution in [3.63, 3.8) is 0 Å². The predicted molar refractivity (Wildman–Crippen MR) is 63.6 cm³/mol. The molecule has 1 aliphatic carbocycles. The number of halogens is 2. The molecule has 1 saturated carbocycles. The molecule has 98 valence electrons. The van der Waals surface area contributed by atoms with E-state index in [2.05, 4.69) is 5.32 Å². The van der Waals surface area contributed by atoms with E-state index >= 15 is 0 Å². The molecule has 5 heteroatoms. The first-order valence-corrected chi connectivity index (χ1v) is 6.02. The Morgan fingerprint density at radius 3 is 2.61 bits per heavy atom. The molecule has 1 amide bonds. The van der Waals surface area contributed by atoms with Crippen LogP contribution in [0.4, 0.5) is 8.78 Å². The molecule has 3 nitrogen and oxygen atoms in total. The molecule has 0 unspecified atom stereocenters. The summed E-state index contributed by atoms with van der Waals surface area (Å²) in [7, 11) is 0. The van der Waals surface area contributed by atoms with E-state index in [1.165, 1.54) is 12.1 Å². The molecular weight excluding hydrogens is 238 g/mol. The summed E-state index contributed by atoms with van der Waals surface area (Å²) < 4.78 is 26.1. The number of hydrogen-bond acceptors (Lipinski definition) is 2. The highest BCUT2D eigenvalue weighted by atomic mass is 19.1. The average molecular weight is 254 g/mol. The fraction of sp³-hybridized carbons (Fsp3) is 0.462. The lowest BCUT2D eigenvalue weighted by Gasteiger charge is -2.22. The number of rotatable bonds is 3. The Hall–Kier alpha value is -1.49. The van der Waals surface area contributed by atoms with Gasteiger partial charge in [0.25, 0.3) is 0 Å². The third-order valence-corrected chi connectivity index (χ3v) is 3.40. The third kappa shape index (κ3) is 2.67. The second-order valence-corrected chi connectivity index (χ2v) is 4.78. The van der Waals surface area contributed by atoms with Crippen LogP contribution in [0.5, 0.6) is 0 Å². The van der Waals surface area contributed by atoms with Crippen LogP contribution in [0.1, 0.15) is 31.2 Å². The van der Waals surface area contributed by atoms with E-state index in [4.69, 9.17) is 5.73 Å². The Morgan fingerprint density at radius 2 is 2.00 bits per heavy atom. The SMILES string of the molecule is NC1(C(=O)NCc2ccc(F)cc2F)CCCC1. The standard InChI is InChI=1S/C13H16F2N2O/c14-10-4-3-9(11(15)7-10)8-17-12(18)13(16)5-1-2-6-13/h3-4,7H,1-2,5-6,8,16H2,(H,17,18). The van der Waals surface area contributed by atoms with Crippen molar-refractivity contribution < 1.29 is 13.6 Å². The van der Waals surface area contributed by atoms with Crippen LogP contribution < -0.4 is 11.1 Å². The topological polar surface area (TPSA) is 55.1 Å². The van der Waals surface area contributed by atoms with Crippen molar-refractivity contribution >= 4 is 5.91 Å². The van der Waals surface area contributed by atoms with Crippen LogP contribution in [-0.4, -0.2) is 11.4 Å². The molecule has 1 aromatic rings. The van der Waals surface area contributed by atoms with Crippen LogP contribution in [0.25, 0.3) is 0 Å². The number of benzene rings is 1. The molecule has 1 fully saturated rings. The van der Waals surface area contributed by atoms with Crippen molar-refractivity contribution in [3.8, 4) is 0 Å². The van der Waals surface area contributed by atoms with Crippen molar-refractivity contribution in [1.29, 1.82) is 0 Å². The highest BCUT2D eigenvalue weighted by Crippen LogP contribution is 2.27. The Bertz CT molecular complexity index is 456. The van der Waals surface area contributed by atoms with E-state index in [0.29, 0.717) is 12.8 Å². The smallest absolute Gasteiger partial charge is 0.240 e. The molecule has 0 aromatic heterocycles. The maximum absolute atomic E-state index is 13.4. The Morgan fingerprint density at radius 1 is 1.33 bits per heavy atom. The summed E-state index contributed by atoms with van der Waals surface area (Å²) in [4.78, 5) is 11.9. The molecule has 2 rings (SSSR count). The average Bonchev–Trinajstić information content (AvgIpc) is 2.76. The molecule has 0 bridgehead atoms. The maximum atomic E-state index is 13.4. The van der Waals surface area contributed by atoms with E-state index < -0.39 is 17.2 Å². The minimum Gasteiger partial charge on any atom is -0.350 e. The first-order chi connectivity index (χ1) is 8.51. The van der Waals surface area contributed by atoms with Crippen LogP contribution >= 0.6 is 0 Å². The summed E-state index contributed by atoms with van der Waals surface area (Å²) in [6.45, 7) is 0.0316. The molecule has 0 aliphatic heterocycles. The van der Waals surface area contributed by atoms with E-state index in [1.54, 1.807) is 0 Å². The molecule has 1 aliphatic rings. The van der Waals surface area contributed by atoms with Gasteiger partial charge in [-0.25, -0.2) is 8.78 Å². The Kier molecular flexibility index (Phi) is 3.61. The van der Waals surface area contributed by atoms with Gasteiger partial charge in [0.2, 0.25) is 5.91 Å². The second-order valence-electron chi connectivity index (χ2n) is 4.78. The first kappa shape index (κ1) is 13.0. The Labute approximate surface area is 104 Å². The molecule has 0 heterocycles. The van der Waals surface area contributed by atoms with Gasteiger partial charge in [0.1, 0.15) is 11.6 Å². The molecule has 0 saturated heterocycles. The zero-order valence-corrected chi connectivity index (χ0v) is 10.0. The fourth-order valence-electron chi connectivity index (χ4n) is 2.25. The summed E-state index contributed by atoms with van der Waals surface area (Å²) in [6.07, 6.45) is 3.19. The predicted octanol–water partition coefficient (Wildman–Crippen LogP) is 1.85. The van der Waals surface area contributed by atoms with Crippen molar-refractivity contribution in [2.45, 2.75) is 37.8 Å². The third-order valence-electron chi connectivity index (χ3n) is 3.40. The second kappa shape index (κ2) is 5.02. The van der Waals surface area contributed by atoms with Gasteiger partial charge in [-0.15, -0.1) is 0 Å². The molecule has 0 atom stereocenters. The summed E-state index contributed by atoms with van der Waals surface area (Å²) in [5, 5.41) is 2.62. The van der Waals surface area contributed by atoms with Crippen molar-refractivity contribution in [1.82, 2.24) is 5.32 Å². The first-order valence-electron chi connectivity index (χ1n) is 6.02. The normalized spacial score (nSPS) is 17.7. The van der Waals surface area contributed by atoms with E-state index in [9.17, 15) is 13.6 Å². The molecule has 0 radical (unpaired) electrons. The van der Waals surface area contributed by atoms with Gasteiger partial charge < -0.3 is 11.1 Å². The summed E-state index contributed by atoms with van der Waals surface area (Å²) in [5.74, 6) is -1.55. The number of carbonyl (C=O) groups is 1. The van der Waals surface area contributed by atoms with Crippen LogP contribution in [0, 0.1) is 11.6 Å². The van der Waals surface area contributed by atoms with Crippen LogP contribution in [0.15, 0.2) is 18.2 Å². The van der Waals surface area contributed by atoms with E-state index in [1.807, 2.05) is 0 Å². The van der Waals surface area contributed by atoms with Crippen molar-refractivity contribution in [2.75, 3.05) is 0 Å². The largest absolute Gasteiger partial charge is 0.350 e. The molecule has 1 aromatic carbocycles. The quantitative estimate of drug-likeness (QED) is 0.865. The van der Waals surface area contributed by atoms with Crippen molar-refractivity contribution in [2.24, 2.45) is 5.73 Å². The highest BCUT2D eigenvalue weighted by molar-refractivity contribution is 5.86. The molecule has 18 heavy (non-hydrogen) atoms. The van der Waals surface area contributed by atoms with Gasteiger partial charge in [-0.3, -0.25) is 4.79 Å². The van der Waals surface area contributed by atoms with Gasteiger partial charge in [0.05, 0.1) is 5.54 Å². The monoisotopic (exact) mass is 254 g/mol. The van der Waals surface area contributed by atoms with Crippen molar-refractivity contribution in [3.05, 3.63) is 35.4 Å². The molecule has 0 spiro atoms. The molecule has 3 N–H and O–H groups in total. The summed E-state index contributed by atoms with van der Waals surface area (Å²) in [5.41, 5.74) is 5.40. The minimum absolute atomic E-state index is 0.0316. The van der Waals surface area contributed by atoms with Gasteiger partial charge in [0, 0.05) is 18.2 Å². The Balaban J connectivity index is 1.97. The number of carbonyl (C=O) groups excluding carboxylic acids is 1. The summed E-state index contributed by atoms with van der Waals surface area (Å²) in [6, 6.07) is 3.29. The van der Waals surface area contributed by atoms with Gasteiger partial charge in [-0.05, 0) is 18.9 Å². The van der Waals surface area contributed by atoms with Gasteiger partial charge in [-0.2, -0.15) is 0 Å². The van der Waals surface area contributed by atoms with Crippen LogP contribution in [-0.2, 0) is 11.3 Å². The molecular formula is C13H16F2N2O. The fourth-order valence-corrected chi connectivity index (χ4v) is 2.25. The van der Waals surface area contributed by atoms with E-state index in [-0.39, 0.29) is 18.0 Å². The van der Waals surface area contributed by atoms with Gasteiger partial charge in [-0.1, -0.05) is 18.9 Å². The van der Waals surface area contributed by atoms with Crippen LogP contribution in [0.2, 0.25) is 0 Å². The summed E-state index contributed by atoms with van der Waals surface area (Å²) >= 11 is 0. The zero-order valence-electron chi connectivity index (χ0n) is 10.0. The maximum Gasteiger partial charge on any atom is 0.240 e. The van der Waals surface area contributed by atoms with Gasteiger partial charge >= 0.3 is 0 Å². The lowest BCUT2D eigenvalue weighted by Crippen LogP contribution is -2.51. The number of nitrogens with two attached hydrogens (primary N) is 1. The van der Waals surface area contributed by atoms with E-state index in [0.717, 1.165) is 18.9 Å². The minimum atomic E-state index is -0.823. The number of nitrogens with one attached hydrogen (secondary N) is 1. The lowest BCUT2D eigenvalue weighted by atomic mass is 9.98. The number of amides is 1. The lowest BCUT2D eigenvalue weighted by molar-refractivity contribution is -0.126. The van der Waals surface area contributed by atoms with Crippen LogP contribution in [0.3, 0.4) is 0 Å². The van der Waals surface area contributed by atoms with Gasteiger partial charge in [0.15, 0.2) is 0 Å².